The third kappa shape index (κ3) is 5.68. The summed E-state index contributed by atoms with van der Waals surface area (Å²) >= 11 is 0. The van der Waals surface area contributed by atoms with Gasteiger partial charge in [0.2, 0.25) is 0 Å². The second-order valence-electron chi connectivity index (χ2n) is 8.77. The molecule has 40 heavy (non-hydrogen) atoms. The molecule has 0 heterocycles. The van der Waals surface area contributed by atoms with Crippen molar-refractivity contribution in [3.8, 4) is 11.5 Å². The molecule has 4 rings (SSSR count). The Morgan fingerprint density at radius 1 is 0.550 bits per heavy atom. The molecule has 0 aliphatic carbocycles. The van der Waals surface area contributed by atoms with Crippen molar-refractivity contribution >= 4 is 31.3 Å². The van der Waals surface area contributed by atoms with E-state index in [2.05, 4.69) is 8.73 Å². The van der Waals surface area contributed by atoms with E-state index in [-0.39, 0.29) is 31.1 Å². The van der Waals surface area contributed by atoms with Gasteiger partial charge in [0.15, 0.2) is 0 Å². The minimum atomic E-state index is -3.70. The molecular formula is C30H28N2O6S2. The number of carbonyl (C=O) groups is 2. The molecule has 0 aliphatic rings. The van der Waals surface area contributed by atoms with Crippen molar-refractivity contribution in [1.29, 1.82) is 0 Å². The third-order valence-corrected chi connectivity index (χ3v) is 10.6. The Morgan fingerprint density at radius 2 is 0.875 bits per heavy atom. The molecule has 0 radical (unpaired) electrons. The summed E-state index contributed by atoms with van der Waals surface area (Å²) in [6.45, 7) is 3.72. The van der Waals surface area contributed by atoms with Crippen LogP contribution in [0.15, 0.2) is 125 Å². The van der Waals surface area contributed by atoms with E-state index >= 15 is 0 Å². The number of methoxy groups -OCH3 is 2. The first kappa shape index (κ1) is 28.7. The molecular weight excluding hydrogens is 548 g/mol. The molecule has 0 spiro atoms. The summed E-state index contributed by atoms with van der Waals surface area (Å²) in [5, 5.41) is 0. The number of rotatable bonds is 6. The van der Waals surface area contributed by atoms with Gasteiger partial charge in [-0.3, -0.25) is 9.59 Å². The summed E-state index contributed by atoms with van der Waals surface area (Å²) in [5.41, 5.74) is 1.80. The van der Waals surface area contributed by atoms with E-state index in [9.17, 15) is 18.0 Å². The highest BCUT2D eigenvalue weighted by Gasteiger charge is 2.28. The first-order valence-corrected chi connectivity index (χ1v) is 15.2. The molecule has 0 fully saturated rings. The molecule has 2 atom stereocenters. The summed E-state index contributed by atoms with van der Waals surface area (Å²) < 4.78 is 47.6. The van der Waals surface area contributed by atoms with E-state index in [1.165, 1.54) is 26.4 Å². The smallest absolute Gasteiger partial charge is 0.346 e. The molecule has 2 amide bonds. The zero-order valence-electron chi connectivity index (χ0n) is 22.4. The van der Waals surface area contributed by atoms with Crippen LogP contribution in [0.5, 0.6) is 11.5 Å². The standard InChI is InChI=1S/C30H28N2O6S2/c1-21-13-17-23(18-14-21)39(35,27-11-7-5-9-25(27)37-3)31-29(33)30(34)32-40(36,24-19-15-22(2)16-20-24)28-12-8-6-10-26(28)38-4/h5-20H,1-4H3. The molecule has 0 N–H and O–H groups in total. The third-order valence-electron chi connectivity index (χ3n) is 6.02. The second-order valence-corrected chi connectivity index (χ2v) is 13.1. The van der Waals surface area contributed by atoms with Crippen LogP contribution < -0.4 is 9.47 Å². The lowest BCUT2D eigenvalue weighted by atomic mass is 10.2. The number of benzene rings is 4. The summed E-state index contributed by atoms with van der Waals surface area (Å²) in [7, 11) is -4.60. The zero-order chi connectivity index (χ0) is 28.9. The van der Waals surface area contributed by atoms with E-state index in [1.54, 1.807) is 84.9 Å². The van der Waals surface area contributed by atoms with Crippen molar-refractivity contribution in [3.63, 3.8) is 0 Å². The number of aryl methyl sites for hydroxylation is 2. The fourth-order valence-corrected chi connectivity index (χ4v) is 7.83. The molecule has 10 heteroatoms. The van der Waals surface area contributed by atoms with Gasteiger partial charge >= 0.3 is 11.8 Å². The molecule has 0 aliphatic heterocycles. The Labute approximate surface area is 234 Å². The maximum Gasteiger partial charge on any atom is 0.346 e. The molecule has 0 bridgehead atoms. The van der Waals surface area contributed by atoms with Crippen molar-refractivity contribution in [1.82, 2.24) is 0 Å². The fourth-order valence-electron chi connectivity index (χ4n) is 3.91. The summed E-state index contributed by atoms with van der Waals surface area (Å²) in [6, 6.07) is 26.0. The monoisotopic (exact) mass is 576 g/mol. The predicted octanol–water partition coefficient (Wildman–Crippen LogP) is 5.85. The number of carbonyl (C=O) groups excluding carboxylic acids is 2. The highest BCUT2D eigenvalue weighted by atomic mass is 32.2. The molecule has 0 aromatic heterocycles. The van der Waals surface area contributed by atoms with Crippen LogP contribution in [0.2, 0.25) is 0 Å². The van der Waals surface area contributed by atoms with Gasteiger partial charge in [0, 0.05) is 0 Å². The molecule has 4 aromatic carbocycles. The number of ether oxygens (including phenoxy) is 2. The summed E-state index contributed by atoms with van der Waals surface area (Å²) in [4.78, 5) is 27.3. The quantitative estimate of drug-likeness (QED) is 0.266. The van der Waals surface area contributed by atoms with Gasteiger partial charge in [0.1, 0.15) is 31.0 Å². The van der Waals surface area contributed by atoms with Gasteiger partial charge in [0.05, 0.1) is 33.8 Å². The van der Waals surface area contributed by atoms with Crippen molar-refractivity contribution in [3.05, 3.63) is 108 Å². The lowest BCUT2D eigenvalue weighted by Crippen LogP contribution is -2.16. The van der Waals surface area contributed by atoms with Gasteiger partial charge < -0.3 is 9.47 Å². The lowest BCUT2D eigenvalue weighted by Gasteiger charge is -2.15. The normalized spacial score (nSPS) is 13.8. The largest absolute Gasteiger partial charge is 0.495 e. The van der Waals surface area contributed by atoms with Gasteiger partial charge in [-0.1, -0.05) is 59.7 Å². The first-order valence-electron chi connectivity index (χ1n) is 12.1. The number of para-hydroxylation sites is 2. The molecule has 0 saturated heterocycles. The van der Waals surface area contributed by atoms with Crippen LogP contribution in [-0.2, 0) is 29.0 Å². The average Bonchev–Trinajstić information content (AvgIpc) is 2.97. The summed E-state index contributed by atoms with van der Waals surface area (Å²) in [6.07, 6.45) is 0. The SMILES string of the molecule is COc1ccccc1S(=O)(=NC(=O)C(=O)N=S(=O)(c1ccc(C)cc1)c1ccccc1OC)c1ccc(C)cc1. The van der Waals surface area contributed by atoms with Crippen LogP contribution in [0.25, 0.3) is 0 Å². The lowest BCUT2D eigenvalue weighted by molar-refractivity contribution is -0.134. The number of hydrogen-bond acceptors (Lipinski definition) is 6. The van der Waals surface area contributed by atoms with Crippen LogP contribution in [0.3, 0.4) is 0 Å². The number of nitrogens with zero attached hydrogens (tertiary/aromatic N) is 2. The van der Waals surface area contributed by atoms with E-state index in [0.717, 1.165) is 11.1 Å². The molecule has 8 nitrogen and oxygen atoms in total. The van der Waals surface area contributed by atoms with Crippen molar-refractivity contribution in [2.45, 2.75) is 33.4 Å². The second kappa shape index (κ2) is 11.8. The molecule has 0 saturated carbocycles. The Morgan fingerprint density at radius 3 is 1.20 bits per heavy atom. The van der Waals surface area contributed by atoms with Crippen LogP contribution >= 0.6 is 0 Å². The Bertz CT molecular complexity index is 1680. The van der Waals surface area contributed by atoms with E-state index in [1.807, 2.05) is 13.8 Å². The van der Waals surface area contributed by atoms with Crippen LogP contribution in [0, 0.1) is 13.8 Å². The fraction of sp³-hybridized carbons (Fsp3) is 0.133. The number of amides is 2. The Hall–Kier alpha value is -4.28. The van der Waals surface area contributed by atoms with Crippen LogP contribution in [0.4, 0.5) is 0 Å². The molecule has 4 aromatic rings. The topological polar surface area (TPSA) is 111 Å². The van der Waals surface area contributed by atoms with E-state index in [0.29, 0.717) is 0 Å². The first-order chi connectivity index (χ1) is 19.1. The maximum absolute atomic E-state index is 14.5. The van der Waals surface area contributed by atoms with Gasteiger partial charge in [0.25, 0.3) is 0 Å². The average molecular weight is 577 g/mol. The van der Waals surface area contributed by atoms with Crippen molar-refractivity contribution in [2.24, 2.45) is 8.73 Å². The van der Waals surface area contributed by atoms with E-state index < -0.39 is 31.3 Å². The van der Waals surface area contributed by atoms with Crippen LogP contribution in [0.1, 0.15) is 11.1 Å². The molecule has 206 valence electrons. The van der Waals surface area contributed by atoms with Gasteiger partial charge in [-0.05, 0) is 62.4 Å². The maximum atomic E-state index is 14.5. The molecule has 2 unspecified atom stereocenters. The van der Waals surface area contributed by atoms with Crippen molar-refractivity contribution in [2.75, 3.05) is 14.2 Å². The van der Waals surface area contributed by atoms with Crippen molar-refractivity contribution < 1.29 is 27.5 Å². The van der Waals surface area contributed by atoms with E-state index in [4.69, 9.17) is 9.47 Å². The Balaban J connectivity index is 1.94. The summed E-state index contributed by atoms with van der Waals surface area (Å²) in [5.74, 6) is -2.37. The van der Waals surface area contributed by atoms with Gasteiger partial charge in [-0.2, -0.15) is 0 Å². The number of hydrogen-bond donors (Lipinski definition) is 0. The van der Waals surface area contributed by atoms with Crippen LogP contribution in [-0.4, -0.2) is 34.5 Å². The highest BCUT2D eigenvalue weighted by Crippen LogP contribution is 2.33. The minimum absolute atomic E-state index is 0.117. The highest BCUT2D eigenvalue weighted by molar-refractivity contribution is 7.94. The Kier molecular flexibility index (Phi) is 8.51. The minimum Gasteiger partial charge on any atom is -0.495 e. The zero-order valence-corrected chi connectivity index (χ0v) is 24.0. The van der Waals surface area contributed by atoms with Gasteiger partial charge in [-0.15, -0.1) is 8.73 Å². The predicted molar refractivity (Wildman–Crippen MR) is 153 cm³/mol. The van der Waals surface area contributed by atoms with Gasteiger partial charge in [-0.25, -0.2) is 8.42 Å².